The van der Waals surface area contributed by atoms with Gasteiger partial charge in [0, 0.05) is 51.3 Å². The van der Waals surface area contributed by atoms with Crippen molar-refractivity contribution in [2.45, 2.75) is 34.4 Å². The quantitative estimate of drug-likeness (QED) is 0.205. The van der Waals surface area contributed by atoms with Crippen LogP contribution in [0.5, 0.6) is 0 Å². The van der Waals surface area contributed by atoms with E-state index < -0.39 is 48.2 Å². The van der Waals surface area contributed by atoms with E-state index in [0.717, 1.165) is 6.07 Å². The summed E-state index contributed by atoms with van der Waals surface area (Å²) in [5, 5.41) is 28.3. The predicted molar refractivity (Wildman–Crippen MR) is 116 cm³/mol. The average Bonchev–Trinajstić information content (AvgIpc) is 3.31. The van der Waals surface area contributed by atoms with E-state index in [1.165, 1.54) is 6.07 Å². The first-order valence-corrected chi connectivity index (χ1v) is 12.9. The summed E-state index contributed by atoms with van der Waals surface area (Å²) in [5.74, 6) is -0.219. The van der Waals surface area contributed by atoms with Crippen molar-refractivity contribution in [1.82, 2.24) is 25.3 Å². The Morgan fingerprint density at radius 1 is 1.24 bits per heavy atom. The second-order valence-corrected chi connectivity index (χ2v) is 10.9. The molecule has 14 nitrogen and oxygen atoms in total. The van der Waals surface area contributed by atoms with Crippen LogP contribution in [0.25, 0.3) is 11.4 Å². The Hall–Kier alpha value is -2.28. The first kappa shape index (κ1) is 25.3. The summed E-state index contributed by atoms with van der Waals surface area (Å²) in [6, 6.07) is 2.43. The van der Waals surface area contributed by atoms with E-state index >= 15 is 0 Å². The van der Waals surface area contributed by atoms with Gasteiger partial charge in [0.15, 0.2) is 0 Å². The van der Waals surface area contributed by atoms with Crippen molar-refractivity contribution in [1.29, 1.82) is 0 Å². The Kier molecular flexibility index (Phi) is 7.32. The third-order valence-electron chi connectivity index (χ3n) is 5.39. The van der Waals surface area contributed by atoms with E-state index in [0.29, 0.717) is 0 Å². The number of aromatic nitrogens is 4. The topological polar surface area (TPSA) is 236 Å². The van der Waals surface area contributed by atoms with Gasteiger partial charge in [-0.15, -0.1) is 10.2 Å². The largest absolute Gasteiger partial charge is 0.390 e. The van der Waals surface area contributed by atoms with Crippen LogP contribution in [0, 0.1) is 0 Å². The molecule has 1 aromatic heterocycles. The molecule has 33 heavy (non-hydrogen) atoms. The van der Waals surface area contributed by atoms with Crippen molar-refractivity contribution in [2.24, 2.45) is 16.6 Å². The summed E-state index contributed by atoms with van der Waals surface area (Å²) >= 11 is 0. The lowest BCUT2D eigenvalue weighted by molar-refractivity contribution is 0.135. The Balaban J connectivity index is 2.18. The van der Waals surface area contributed by atoms with Gasteiger partial charge in [-0.25, -0.2) is 31.1 Å². The van der Waals surface area contributed by atoms with Gasteiger partial charge < -0.3 is 21.5 Å². The molecule has 1 atom stereocenters. The second kappa shape index (κ2) is 9.53. The number of nitrogens with two attached hydrogens (primary N) is 3. The minimum Gasteiger partial charge on any atom is -0.390 e. The zero-order valence-electron chi connectivity index (χ0n) is 17.5. The Morgan fingerprint density at radius 3 is 2.42 bits per heavy atom. The Morgan fingerprint density at radius 2 is 1.91 bits per heavy atom. The average molecular weight is 508 g/mol. The normalized spacial score (nSPS) is 17.8. The van der Waals surface area contributed by atoms with Crippen molar-refractivity contribution in [3.63, 3.8) is 0 Å². The predicted octanol–water partition coefficient (Wildman–Crippen LogP) is -2.62. The van der Waals surface area contributed by atoms with E-state index in [2.05, 4.69) is 25.3 Å². The van der Waals surface area contributed by atoms with Crippen LogP contribution >= 0.6 is 0 Å². The highest BCUT2D eigenvalue weighted by Crippen LogP contribution is 2.40. The lowest BCUT2D eigenvalue weighted by atomic mass is 9.93. The fourth-order valence-corrected chi connectivity index (χ4v) is 6.18. The van der Waals surface area contributed by atoms with Crippen molar-refractivity contribution < 1.29 is 26.3 Å². The lowest BCUT2D eigenvalue weighted by Crippen LogP contribution is -2.46. The van der Waals surface area contributed by atoms with Crippen LogP contribution in [0.15, 0.2) is 21.9 Å². The van der Waals surface area contributed by atoms with E-state index in [-0.39, 0.29) is 56.1 Å². The number of nitrogens with one attached hydrogen (secondary N) is 2. The highest BCUT2D eigenvalue weighted by atomic mass is 32.2. The number of aliphatic hydroxyl groups is 1. The van der Waals surface area contributed by atoms with Crippen LogP contribution in [0.4, 0.5) is 10.1 Å². The molecule has 1 aliphatic heterocycles. The smallest absolute Gasteiger partial charge is 0.242 e. The molecule has 2 aromatic rings. The number of rotatable bonds is 9. The standard InChI is InChI=1S/C16H26FN9O5S2/c17-16(9-19)3-5-26(6-4-16)11-1-2-12(33(30,31)21-8-10(27)7-18)14(32(20,28)29)13(11)15-22-24-25-23-15/h1-2,10,21,27H,3-9,18-19H2,(H2,20,28,29)(H,22,23,24,25)/t10-/m1/s1. The highest BCUT2D eigenvalue weighted by molar-refractivity contribution is 7.92. The molecular formula is C16H26FN9O5S2. The highest BCUT2D eigenvalue weighted by Gasteiger charge is 2.37. The third-order valence-corrected chi connectivity index (χ3v) is 7.98. The van der Waals surface area contributed by atoms with E-state index in [4.69, 9.17) is 16.6 Å². The summed E-state index contributed by atoms with van der Waals surface area (Å²) in [6.45, 7) is -0.471. The van der Waals surface area contributed by atoms with Gasteiger partial charge in [-0.05, 0) is 17.3 Å². The van der Waals surface area contributed by atoms with Crippen LogP contribution in [-0.2, 0) is 20.0 Å². The van der Waals surface area contributed by atoms with Gasteiger partial charge in [0.1, 0.15) is 15.5 Å². The van der Waals surface area contributed by atoms with Gasteiger partial charge in [-0.3, -0.25) is 0 Å². The van der Waals surface area contributed by atoms with Crippen molar-refractivity contribution in [2.75, 3.05) is 37.6 Å². The van der Waals surface area contributed by atoms with Crippen LogP contribution in [-0.4, -0.2) is 87.1 Å². The van der Waals surface area contributed by atoms with Gasteiger partial charge in [-0.1, -0.05) is 0 Å². The number of benzene rings is 1. The van der Waals surface area contributed by atoms with Gasteiger partial charge in [-0.2, -0.15) is 5.21 Å². The number of aromatic amines is 1. The van der Waals surface area contributed by atoms with Crippen molar-refractivity contribution >= 4 is 25.7 Å². The molecule has 184 valence electrons. The SMILES string of the molecule is NC[C@@H](O)CNS(=O)(=O)c1ccc(N2CCC(F)(CN)CC2)c(-c2nn[nH]n2)c1S(N)(=O)=O. The molecule has 0 saturated carbocycles. The summed E-state index contributed by atoms with van der Waals surface area (Å²) < 4.78 is 67.8. The number of tetrazole rings is 1. The van der Waals surface area contributed by atoms with Crippen LogP contribution in [0.2, 0.25) is 0 Å². The third kappa shape index (κ3) is 5.45. The number of H-pyrrole nitrogens is 1. The van der Waals surface area contributed by atoms with Gasteiger partial charge >= 0.3 is 0 Å². The van der Waals surface area contributed by atoms with Crippen LogP contribution in [0.3, 0.4) is 0 Å². The zero-order valence-corrected chi connectivity index (χ0v) is 19.1. The van der Waals surface area contributed by atoms with E-state index in [9.17, 15) is 26.3 Å². The maximum atomic E-state index is 14.6. The fraction of sp³-hybridized carbons (Fsp3) is 0.562. The molecule has 1 aliphatic rings. The number of nitrogens with zero attached hydrogens (tertiary/aromatic N) is 4. The lowest BCUT2D eigenvalue weighted by Gasteiger charge is -2.38. The first-order valence-electron chi connectivity index (χ1n) is 9.87. The Bertz CT molecular complexity index is 1180. The molecule has 0 unspecified atom stereocenters. The molecule has 1 saturated heterocycles. The summed E-state index contributed by atoms with van der Waals surface area (Å²) in [4.78, 5) is 0.249. The number of anilines is 1. The number of alkyl halides is 1. The number of piperidine rings is 1. The van der Waals surface area contributed by atoms with E-state index in [1.54, 1.807) is 4.90 Å². The number of primary sulfonamides is 1. The van der Waals surface area contributed by atoms with Crippen molar-refractivity contribution in [3.8, 4) is 11.4 Å². The molecular weight excluding hydrogens is 481 g/mol. The Labute approximate surface area is 189 Å². The summed E-state index contributed by atoms with van der Waals surface area (Å²) in [5.41, 5.74) is 9.29. The molecule has 0 bridgehead atoms. The summed E-state index contributed by atoms with van der Waals surface area (Å²) in [6.07, 6.45) is -1.03. The van der Waals surface area contributed by atoms with Crippen molar-refractivity contribution in [3.05, 3.63) is 12.1 Å². The molecule has 0 amide bonds. The minimum atomic E-state index is -4.65. The number of hydrogen-bond donors (Lipinski definition) is 6. The molecule has 0 spiro atoms. The van der Waals surface area contributed by atoms with E-state index in [1.807, 2.05) is 0 Å². The maximum absolute atomic E-state index is 14.6. The first-order chi connectivity index (χ1) is 15.4. The number of hydrogen-bond acceptors (Lipinski definition) is 11. The number of aliphatic hydroxyl groups excluding tert-OH is 1. The van der Waals surface area contributed by atoms with Gasteiger partial charge in [0.05, 0.1) is 11.7 Å². The maximum Gasteiger partial charge on any atom is 0.242 e. The van der Waals surface area contributed by atoms with Crippen LogP contribution in [0.1, 0.15) is 12.8 Å². The molecule has 9 N–H and O–H groups in total. The molecule has 3 rings (SSSR count). The zero-order chi connectivity index (χ0) is 24.4. The van der Waals surface area contributed by atoms with Gasteiger partial charge in [0.25, 0.3) is 0 Å². The second-order valence-electron chi connectivity index (χ2n) is 7.65. The number of sulfonamides is 2. The molecule has 0 radical (unpaired) electrons. The monoisotopic (exact) mass is 507 g/mol. The summed E-state index contributed by atoms with van der Waals surface area (Å²) in [7, 11) is -9.12. The number of halogens is 1. The molecule has 1 fully saturated rings. The molecule has 2 heterocycles. The molecule has 0 aliphatic carbocycles. The molecule has 1 aromatic carbocycles. The minimum absolute atomic E-state index is 0.0818. The fourth-order valence-electron chi connectivity index (χ4n) is 3.51. The van der Waals surface area contributed by atoms with Crippen LogP contribution < -0.4 is 26.2 Å². The molecule has 17 heteroatoms. The van der Waals surface area contributed by atoms with Gasteiger partial charge in [0.2, 0.25) is 25.9 Å².